The van der Waals surface area contributed by atoms with Gasteiger partial charge in [0.25, 0.3) is 5.56 Å². The lowest BCUT2D eigenvalue weighted by Crippen LogP contribution is -2.50. The summed E-state index contributed by atoms with van der Waals surface area (Å²) in [4.78, 5) is 40.9. The molecule has 4 rings (SSSR count). The molecular weight excluding hydrogens is 653 g/mol. The van der Waals surface area contributed by atoms with Gasteiger partial charge in [0, 0.05) is 36.7 Å². The van der Waals surface area contributed by atoms with Crippen LogP contribution in [0.15, 0.2) is 29.2 Å². The lowest BCUT2D eigenvalue weighted by atomic mass is 9.95. The number of halogens is 5. The number of likely N-dealkylation sites (tertiary alicyclic amines) is 1. The maximum atomic E-state index is 15.0. The summed E-state index contributed by atoms with van der Waals surface area (Å²) in [7, 11) is -4.52. The molecule has 18 heteroatoms. The molecule has 0 saturated carbocycles. The van der Waals surface area contributed by atoms with Gasteiger partial charge in [-0.25, -0.2) is 27.6 Å². The first-order valence-corrected chi connectivity index (χ1v) is 16.4. The van der Waals surface area contributed by atoms with E-state index in [-0.39, 0.29) is 41.5 Å². The predicted octanol–water partition coefficient (Wildman–Crippen LogP) is 5.27. The molecule has 0 spiro atoms. The van der Waals surface area contributed by atoms with E-state index in [0.29, 0.717) is 6.42 Å². The summed E-state index contributed by atoms with van der Waals surface area (Å²) < 4.78 is 98.8. The van der Waals surface area contributed by atoms with Crippen LogP contribution in [0.1, 0.15) is 53.5 Å². The smallest absolute Gasteiger partial charge is 0.410 e. The second-order valence-electron chi connectivity index (χ2n) is 12.6. The van der Waals surface area contributed by atoms with E-state index in [0.717, 1.165) is 12.1 Å². The molecule has 0 bridgehead atoms. The molecule has 1 aromatic carbocycles. The first-order valence-electron chi connectivity index (χ1n) is 14.7. The summed E-state index contributed by atoms with van der Waals surface area (Å²) in [6, 6.07) is 2.14. The Morgan fingerprint density at radius 1 is 1.15 bits per heavy atom. The van der Waals surface area contributed by atoms with Gasteiger partial charge in [-0.2, -0.15) is 18.2 Å². The summed E-state index contributed by atoms with van der Waals surface area (Å²) in [5.41, 5.74) is -1.90. The summed E-state index contributed by atoms with van der Waals surface area (Å²) in [6.45, 7) is 8.35. The molecule has 1 aliphatic heterocycles. The van der Waals surface area contributed by atoms with Gasteiger partial charge in [-0.3, -0.25) is 18.5 Å². The van der Waals surface area contributed by atoms with Crippen LogP contribution in [-0.2, 0) is 14.8 Å². The monoisotopic (exact) mass is 689 g/mol. The normalized spacial score (nSPS) is 17.6. The minimum atomic E-state index is -4.72. The third-order valence-corrected chi connectivity index (χ3v) is 8.32. The largest absolute Gasteiger partial charge is 0.444 e. The van der Waals surface area contributed by atoms with Crippen molar-refractivity contribution in [2.24, 2.45) is 5.92 Å². The SMILES string of the molecule is CC(C)n1c(=O)c(-c2ccc(NS(=O)(=O)CCC(F)(F)F)c(F)c2)nc2cnc(N[C@H]3C[C@@H](CF)CN(C(=O)OC(C)(C)C)C3)nc21. The minimum absolute atomic E-state index is 0.0223. The van der Waals surface area contributed by atoms with E-state index in [4.69, 9.17) is 4.74 Å². The van der Waals surface area contributed by atoms with Gasteiger partial charge in [0.05, 0.1) is 30.7 Å². The highest BCUT2D eigenvalue weighted by Gasteiger charge is 2.33. The van der Waals surface area contributed by atoms with Gasteiger partial charge >= 0.3 is 12.3 Å². The van der Waals surface area contributed by atoms with Crippen molar-refractivity contribution in [1.29, 1.82) is 0 Å². The first kappa shape index (κ1) is 35.8. The summed E-state index contributed by atoms with van der Waals surface area (Å²) in [5, 5.41) is 3.12. The number of hydrogen-bond acceptors (Lipinski definition) is 9. The van der Waals surface area contributed by atoms with Crippen molar-refractivity contribution in [1.82, 2.24) is 24.4 Å². The van der Waals surface area contributed by atoms with E-state index in [1.54, 1.807) is 39.3 Å². The number of hydrogen-bond donors (Lipinski definition) is 2. The van der Waals surface area contributed by atoms with Crippen LogP contribution in [0.3, 0.4) is 0 Å². The van der Waals surface area contributed by atoms with Gasteiger partial charge in [0.1, 0.15) is 22.6 Å². The minimum Gasteiger partial charge on any atom is -0.444 e. The zero-order valence-electron chi connectivity index (χ0n) is 26.4. The Kier molecular flexibility index (Phi) is 10.3. The highest BCUT2D eigenvalue weighted by Crippen LogP contribution is 2.27. The maximum absolute atomic E-state index is 15.0. The Morgan fingerprint density at radius 2 is 1.85 bits per heavy atom. The number of nitrogens with one attached hydrogen (secondary N) is 2. The van der Waals surface area contributed by atoms with Crippen molar-refractivity contribution in [2.45, 2.75) is 71.3 Å². The van der Waals surface area contributed by atoms with Crippen LogP contribution in [0.2, 0.25) is 0 Å². The Labute approximate surface area is 267 Å². The molecule has 12 nitrogen and oxygen atoms in total. The number of carbonyl (C=O) groups excluding carboxylic acids is 1. The Morgan fingerprint density at radius 3 is 2.45 bits per heavy atom. The second-order valence-corrected chi connectivity index (χ2v) is 14.4. The summed E-state index contributed by atoms with van der Waals surface area (Å²) >= 11 is 0. The van der Waals surface area contributed by atoms with Crippen molar-refractivity contribution in [3.63, 3.8) is 0 Å². The number of anilines is 2. The number of carbonyl (C=O) groups is 1. The maximum Gasteiger partial charge on any atom is 0.410 e. The van der Waals surface area contributed by atoms with E-state index < -0.39 is 81.8 Å². The number of aromatic nitrogens is 4. The number of alkyl halides is 4. The molecule has 2 atom stereocenters. The van der Waals surface area contributed by atoms with E-state index >= 15 is 0 Å². The first-order chi connectivity index (χ1) is 21.7. The fraction of sp³-hybridized carbons (Fsp3) is 0.552. The Hall–Kier alpha value is -4.09. The molecule has 2 aromatic heterocycles. The highest BCUT2D eigenvalue weighted by molar-refractivity contribution is 7.92. The van der Waals surface area contributed by atoms with Crippen molar-refractivity contribution in [2.75, 3.05) is 35.6 Å². The predicted molar refractivity (Wildman–Crippen MR) is 165 cm³/mol. The molecule has 0 unspecified atom stereocenters. The zero-order valence-corrected chi connectivity index (χ0v) is 27.2. The third kappa shape index (κ3) is 9.26. The van der Waals surface area contributed by atoms with Gasteiger partial charge in [-0.1, -0.05) is 6.07 Å². The molecule has 47 heavy (non-hydrogen) atoms. The molecule has 0 aliphatic carbocycles. The van der Waals surface area contributed by atoms with E-state index in [1.165, 1.54) is 21.7 Å². The lowest BCUT2D eigenvalue weighted by Gasteiger charge is -2.37. The molecular formula is C29H36F5N7O5S. The number of piperidine rings is 1. The molecule has 3 aromatic rings. The van der Waals surface area contributed by atoms with Crippen LogP contribution in [0.25, 0.3) is 22.4 Å². The number of ether oxygens (including phenoxy) is 1. The Bertz CT molecular complexity index is 1790. The molecule has 1 aliphatic rings. The molecule has 1 fully saturated rings. The van der Waals surface area contributed by atoms with E-state index in [9.17, 15) is 40.0 Å². The van der Waals surface area contributed by atoms with Crippen molar-refractivity contribution in [3.05, 3.63) is 40.6 Å². The average molecular weight is 690 g/mol. The number of rotatable bonds is 9. The van der Waals surface area contributed by atoms with Gasteiger partial charge < -0.3 is 15.0 Å². The van der Waals surface area contributed by atoms with Crippen molar-refractivity contribution >= 4 is 38.9 Å². The van der Waals surface area contributed by atoms with Crippen LogP contribution in [0.4, 0.5) is 38.4 Å². The Balaban J connectivity index is 1.62. The van der Waals surface area contributed by atoms with Crippen molar-refractivity contribution in [3.8, 4) is 11.3 Å². The third-order valence-electron chi connectivity index (χ3n) is 7.05. The van der Waals surface area contributed by atoms with Crippen LogP contribution in [0.5, 0.6) is 0 Å². The van der Waals surface area contributed by atoms with Crippen LogP contribution >= 0.6 is 0 Å². The lowest BCUT2D eigenvalue weighted by molar-refractivity contribution is -0.129. The molecule has 1 amide bonds. The molecule has 1 saturated heterocycles. The van der Waals surface area contributed by atoms with Crippen molar-refractivity contribution < 1.29 is 39.9 Å². The van der Waals surface area contributed by atoms with Gasteiger partial charge in [0.15, 0.2) is 5.65 Å². The number of benzene rings is 1. The summed E-state index contributed by atoms with van der Waals surface area (Å²) in [6.07, 6.45) is -5.18. The van der Waals surface area contributed by atoms with Crippen LogP contribution in [0, 0.1) is 11.7 Å². The van der Waals surface area contributed by atoms with Gasteiger partial charge in [-0.15, -0.1) is 0 Å². The quantitative estimate of drug-likeness (QED) is 0.287. The standard InChI is InChI=1S/C29H36F5N7O5S/c1-16(2)41-24-22(13-35-26(38-24)36-19-10-17(12-30)14-40(15-19)27(43)46-28(3,4)5)37-23(25(41)42)18-6-7-21(20(31)11-18)39-47(44,45)9-8-29(32,33)34/h6-7,11,13,16-17,19,39H,8-10,12,14-15H2,1-5H3,(H,35,36,38)/t17-,19-/m0/s1. The molecule has 2 N–H and O–H groups in total. The summed E-state index contributed by atoms with van der Waals surface area (Å²) in [5.74, 6) is -2.78. The van der Waals surface area contributed by atoms with Gasteiger partial charge in [-0.05, 0) is 53.2 Å². The number of fused-ring (bicyclic) bond motifs is 1. The zero-order chi connectivity index (χ0) is 34.9. The molecule has 0 radical (unpaired) electrons. The van der Waals surface area contributed by atoms with Crippen LogP contribution in [-0.4, -0.2) is 82.3 Å². The highest BCUT2D eigenvalue weighted by atomic mass is 32.2. The van der Waals surface area contributed by atoms with E-state index in [1.807, 2.05) is 0 Å². The second kappa shape index (κ2) is 13.6. The topological polar surface area (TPSA) is 148 Å². The molecule has 3 heterocycles. The van der Waals surface area contributed by atoms with Gasteiger partial charge in [0.2, 0.25) is 16.0 Å². The number of amides is 1. The fourth-order valence-corrected chi connectivity index (χ4v) is 6.13. The van der Waals surface area contributed by atoms with E-state index in [2.05, 4.69) is 20.3 Å². The molecule has 258 valence electrons. The van der Waals surface area contributed by atoms with Crippen LogP contribution < -0.4 is 15.6 Å². The fourth-order valence-electron chi connectivity index (χ4n) is 5.03. The number of nitrogens with zero attached hydrogens (tertiary/aromatic N) is 5. The average Bonchev–Trinajstić information content (AvgIpc) is 2.95. The number of sulfonamides is 1.